The molecular weight excluding hydrogens is 360 g/mol. The van der Waals surface area contributed by atoms with Crippen LogP contribution in [0, 0.1) is 0 Å². The van der Waals surface area contributed by atoms with Gasteiger partial charge in [0, 0.05) is 22.4 Å². The van der Waals surface area contributed by atoms with Gasteiger partial charge in [0.05, 0.1) is 6.54 Å². The minimum atomic E-state index is 0.586. The average Bonchev–Trinajstić information content (AvgIpc) is 3.27. The lowest BCUT2D eigenvalue weighted by Crippen LogP contribution is -2.06. The van der Waals surface area contributed by atoms with Crippen LogP contribution in [0.4, 0.5) is 11.5 Å². The third kappa shape index (κ3) is 3.00. The lowest BCUT2D eigenvalue weighted by molar-refractivity contribution is 0.728. The molecule has 0 saturated carbocycles. The Hall–Kier alpha value is -3.38. The van der Waals surface area contributed by atoms with Crippen molar-refractivity contribution in [1.82, 2.24) is 24.4 Å². The molecule has 2 aromatic carbocycles. The Bertz CT molecular complexity index is 1260. The number of fused-ring (bicyclic) bond motifs is 2. The normalized spacial score (nSPS) is 11.3. The van der Waals surface area contributed by atoms with Crippen LogP contribution in [0.15, 0.2) is 72.9 Å². The van der Waals surface area contributed by atoms with Crippen LogP contribution in [0.2, 0.25) is 5.02 Å². The number of hydrogen-bond acceptors (Lipinski definition) is 4. The van der Waals surface area contributed by atoms with Crippen LogP contribution in [0.25, 0.3) is 16.6 Å². The number of rotatable bonds is 4. The van der Waals surface area contributed by atoms with Gasteiger partial charge in [0.15, 0.2) is 17.3 Å². The van der Waals surface area contributed by atoms with Crippen molar-refractivity contribution < 1.29 is 0 Å². The van der Waals surface area contributed by atoms with E-state index in [2.05, 4.69) is 49.6 Å². The molecule has 0 fully saturated rings. The molecule has 0 radical (unpaired) electrons. The van der Waals surface area contributed by atoms with E-state index in [4.69, 9.17) is 11.6 Å². The van der Waals surface area contributed by atoms with Crippen LogP contribution in [0.5, 0.6) is 0 Å². The van der Waals surface area contributed by atoms with Gasteiger partial charge in [0.1, 0.15) is 0 Å². The van der Waals surface area contributed by atoms with E-state index in [1.54, 1.807) is 4.52 Å². The Balaban J connectivity index is 1.50. The number of hydrogen-bond donors (Lipinski definition) is 1. The molecule has 5 aromatic rings. The fraction of sp³-hybridized carbons (Fsp3) is 0.0500. The van der Waals surface area contributed by atoms with E-state index in [0.29, 0.717) is 23.0 Å². The molecule has 0 bridgehead atoms. The van der Waals surface area contributed by atoms with Crippen LogP contribution >= 0.6 is 11.6 Å². The zero-order chi connectivity index (χ0) is 18.2. The fourth-order valence-corrected chi connectivity index (χ4v) is 3.33. The molecule has 132 valence electrons. The van der Waals surface area contributed by atoms with Crippen LogP contribution in [0.3, 0.4) is 0 Å². The van der Waals surface area contributed by atoms with Crippen LogP contribution in [-0.2, 0) is 6.54 Å². The molecule has 3 heterocycles. The van der Waals surface area contributed by atoms with Gasteiger partial charge in [0.25, 0.3) is 0 Å². The van der Waals surface area contributed by atoms with Gasteiger partial charge in [-0.1, -0.05) is 35.9 Å². The Morgan fingerprint density at radius 1 is 0.926 bits per heavy atom. The van der Waals surface area contributed by atoms with Gasteiger partial charge in [-0.25, -0.2) is 0 Å². The zero-order valence-corrected chi connectivity index (χ0v) is 15.0. The molecule has 0 unspecified atom stereocenters. The van der Waals surface area contributed by atoms with E-state index in [1.807, 2.05) is 48.5 Å². The lowest BCUT2D eigenvalue weighted by Gasteiger charge is -2.07. The van der Waals surface area contributed by atoms with Crippen LogP contribution in [-0.4, -0.2) is 24.4 Å². The first-order chi connectivity index (χ1) is 13.3. The van der Waals surface area contributed by atoms with Gasteiger partial charge in [0.2, 0.25) is 0 Å². The monoisotopic (exact) mass is 374 g/mol. The second-order valence-electron chi connectivity index (χ2n) is 6.24. The number of benzene rings is 2. The van der Waals surface area contributed by atoms with Crippen molar-refractivity contribution in [1.29, 1.82) is 0 Å². The van der Waals surface area contributed by atoms with E-state index >= 15 is 0 Å². The van der Waals surface area contributed by atoms with E-state index in [9.17, 15) is 0 Å². The second kappa shape index (κ2) is 6.41. The molecule has 0 saturated heterocycles. The first kappa shape index (κ1) is 15.8. The predicted molar refractivity (Wildman–Crippen MR) is 107 cm³/mol. The number of para-hydroxylation sites is 1. The van der Waals surface area contributed by atoms with Crippen molar-refractivity contribution in [3.05, 3.63) is 83.8 Å². The molecule has 0 aliphatic carbocycles. The molecule has 6 nitrogen and oxygen atoms in total. The first-order valence-corrected chi connectivity index (χ1v) is 8.92. The maximum absolute atomic E-state index is 6.05. The standard InChI is InChI=1S/C20H15ClN6/c21-15-5-3-6-16(12-15)22-18-8-9-19-23-24-20(27(19)25-18)13-26-11-10-14-4-1-2-7-17(14)26/h1-12H,13H2,(H,22,25). The summed E-state index contributed by atoms with van der Waals surface area (Å²) in [5, 5.41) is 18.3. The van der Waals surface area contributed by atoms with Gasteiger partial charge >= 0.3 is 0 Å². The first-order valence-electron chi connectivity index (χ1n) is 8.54. The van der Waals surface area contributed by atoms with Crippen molar-refractivity contribution >= 4 is 39.7 Å². The third-order valence-electron chi connectivity index (χ3n) is 4.42. The molecule has 0 aliphatic heterocycles. The smallest absolute Gasteiger partial charge is 0.178 e. The highest BCUT2D eigenvalue weighted by atomic mass is 35.5. The largest absolute Gasteiger partial charge is 0.340 e. The summed E-state index contributed by atoms with van der Waals surface area (Å²) in [4.78, 5) is 0. The summed E-state index contributed by atoms with van der Waals surface area (Å²) < 4.78 is 3.91. The van der Waals surface area contributed by atoms with Crippen LogP contribution in [0.1, 0.15) is 5.82 Å². The second-order valence-corrected chi connectivity index (χ2v) is 6.68. The third-order valence-corrected chi connectivity index (χ3v) is 4.65. The highest BCUT2D eigenvalue weighted by Crippen LogP contribution is 2.20. The number of halogens is 1. The molecule has 1 N–H and O–H groups in total. The number of nitrogens with one attached hydrogen (secondary N) is 1. The molecule has 3 aromatic heterocycles. The quantitative estimate of drug-likeness (QED) is 0.502. The molecule has 0 aliphatic rings. The predicted octanol–water partition coefficient (Wildman–Crippen LogP) is 4.52. The summed E-state index contributed by atoms with van der Waals surface area (Å²) in [5.41, 5.74) is 2.74. The number of aromatic nitrogens is 5. The maximum Gasteiger partial charge on any atom is 0.178 e. The maximum atomic E-state index is 6.05. The summed E-state index contributed by atoms with van der Waals surface area (Å²) in [6, 6.07) is 21.6. The van der Waals surface area contributed by atoms with Crippen molar-refractivity contribution in [3.8, 4) is 0 Å². The number of nitrogens with zero attached hydrogens (tertiary/aromatic N) is 5. The highest BCUT2D eigenvalue weighted by Gasteiger charge is 2.10. The molecule has 0 amide bonds. The average molecular weight is 375 g/mol. The number of anilines is 2. The SMILES string of the molecule is Clc1cccc(Nc2ccc3nnc(Cn4ccc5ccccc54)n3n2)c1. The van der Waals surface area contributed by atoms with Crippen molar-refractivity contribution in [3.63, 3.8) is 0 Å². The van der Waals surface area contributed by atoms with Gasteiger partial charge < -0.3 is 9.88 Å². The summed E-state index contributed by atoms with van der Waals surface area (Å²) in [6.07, 6.45) is 2.06. The Morgan fingerprint density at radius 2 is 1.85 bits per heavy atom. The fourth-order valence-electron chi connectivity index (χ4n) is 3.14. The molecule has 7 heteroatoms. The molecule has 0 atom stereocenters. The van der Waals surface area contributed by atoms with Crippen LogP contribution < -0.4 is 5.32 Å². The van der Waals surface area contributed by atoms with Crippen molar-refractivity contribution in [2.24, 2.45) is 0 Å². The topological polar surface area (TPSA) is 60.0 Å². The lowest BCUT2D eigenvalue weighted by atomic mass is 10.2. The highest BCUT2D eigenvalue weighted by molar-refractivity contribution is 6.30. The Morgan fingerprint density at radius 3 is 2.78 bits per heavy atom. The van der Waals surface area contributed by atoms with Gasteiger partial charge in [-0.15, -0.1) is 15.3 Å². The molecule has 27 heavy (non-hydrogen) atoms. The van der Waals surface area contributed by atoms with E-state index in [1.165, 1.54) is 5.39 Å². The molecular formula is C20H15ClN6. The molecule has 5 rings (SSSR count). The summed E-state index contributed by atoms with van der Waals surface area (Å²) in [5.74, 6) is 1.46. The van der Waals surface area contributed by atoms with Crippen molar-refractivity contribution in [2.45, 2.75) is 6.54 Å². The van der Waals surface area contributed by atoms with Gasteiger partial charge in [-0.3, -0.25) is 0 Å². The Kier molecular flexibility index (Phi) is 3.76. The van der Waals surface area contributed by atoms with Crippen molar-refractivity contribution in [2.75, 3.05) is 5.32 Å². The molecule has 0 spiro atoms. The van der Waals surface area contributed by atoms with E-state index in [0.717, 1.165) is 17.0 Å². The van der Waals surface area contributed by atoms with E-state index in [-0.39, 0.29) is 0 Å². The summed E-state index contributed by atoms with van der Waals surface area (Å²) in [6.45, 7) is 0.586. The minimum absolute atomic E-state index is 0.586. The minimum Gasteiger partial charge on any atom is -0.340 e. The Labute approximate surface area is 160 Å². The van der Waals surface area contributed by atoms with Gasteiger partial charge in [-0.05, 0) is 47.9 Å². The summed E-state index contributed by atoms with van der Waals surface area (Å²) >= 11 is 6.05. The van der Waals surface area contributed by atoms with E-state index < -0.39 is 0 Å². The van der Waals surface area contributed by atoms with Gasteiger partial charge in [-0.2, -0.15) is 4.52 Å². The summed E-state index contributed by atoms with van der Waals surface area (Å²) in [7, 11) is 0. The zero-order valence-electron chi connectivity index (χ0n) is 14.2.